The van der Waals surface area contributed by atoms with Crippen LogP contribution in [0.15, 0.2) is 30.5 Å². The second-order valence-electron chi connectivity index (χ2n) is 6.04. The molecule has 0 saturated heterocycles. The van der Waals surface area contributed by atoms with Crippen LogP contribution >= 0.6 is 11.6 Å². The van der Waals surface area contributed by atoms with Gasteiger partial charge in [0.25, 0.3) is 0 Å². The van der Waals surface area contributed by atoms with E-state index in [0.29, 0.717) is 23.1 Å². The molecule has 0 aliphatic heterocycles. The van der Waals surface area contributed by atoms with E-state index in [-0.39, 0.29) is 30.0 Å². The molecule has 3 rings (SSSR count). The quantitative estimate of drug-likeness (QED) is 0.553. The van der Waals surface area contributed by atoms with Gasteiger partial charge in [0.2, 0.25) is 15.3 Å². The molecule has 0 aliphatic rings. The lowest BCUT2D eigenvalue weighted by Crippen LogP contribution is -2.30. The summed E-state index contributed by atoms with van der Waals surface area (Å²) in [7, 11) is -2.06. The summed E-state index contributed by atoms with van der Waals surface area (Å²) >= 11 is 5.88. The van der Waals surface area contributed by atoms with Crippen molar-refractivity contribution in [3.63, 3.8) is 0 Å². The van der Waals surface area contributed by atoms with Crippen molar-refractivity contribution >= 4 is 38.5 Å². The third kappa shape index (κ3) is 4.35. The average Bonchev–Trinajstić information content (AvgIpc) is 2.98. The first-order chi connectivity index (χ1) is 12.8. The minimum absolute atomic E-state index is 0.0357. The summed E-state index contributed by atoms with van der Waals surface area (Å²) in [6.45, 7) is 0.204. The van der Waals surface area contributed by atoms with Crippen LogP contribution in [-0.4, -0.2) is 57.8 Å². The SMILES string of the molecule is CN(CCO)S(=O)(=O)Cc1cccc(Cn2ncc3c(N)nc(Cl)nc32)c1. The fraction of sp³-hybridized carbons (Fsp3) is 0.312. The Hall–Kier alpha value is -2.27. The van der Waals surface area contributed by atoms with Gasteiger partial charge in [0, 0.05) is 13.6 Å². The molecule has 144 valence electrons. The van der Waals surface area contributed by atoms with E-state index in [2.05, 4.69) is 15.1 Å². The lowest BCUT2D eigenvalue weighted by atomic mass is 10.1. The standard InChI is InChI=1S/C16H19ClN6O3S/c1-22(5-6-24)27(25,26)10-12-4-2-3-11(7-12)9-23-15-13(8-19-23)14(18)20-16(17)21-15/h2-4,7-8,24H,5-6,9-10H2,1H3,(H2,18,20,21). The molecule has 2 heterocycles. The molecule has 3 N–H and O–H groups in total. The molecule has 0 saturated carbocycles. The number of rotatable bonds is 7. The van der Waals surface area contributed by atoms with Crippen molar-refractivity contribution in [2.75, 3.05) is 25.9 Å². The number of sulfonamides is 1. The van der Waals surface area contributed by atoms with Crippen LogP contribution in [0.1, 0.15) is 11.1 Å². The summed E-state index contributed by atoms with van der Waals surface area (Å²) in [4.78, 5) is 8.06. The maximum atomic E-state index is 12.3. The Kier molecular flexibility index (Phi) is 5.61. The lowest BCUT2D eigenvalue weighted by Gasteiger charge is -2.16. The summed E-state index contributed by atoms with van der Waals surface area (Å²) in [5.74, 6) is 0.0982. The first-order valence-corrected chi connectivity index (χ1v) is 10.1. The van der Waals surface area contributed by atoms with Gasteiger partial charge in [-0.25, -0.2) is 22.4 Å². The predicted molar refractivity (Wildman–Crippen MR) is 103 cm³/mol. The Bertz CT molecular complexity index is 1070. The smallest absolute Gasteiger partial charge is 0.226 e. The van der Waals surface area contributed by atoms with Gasteiger partial charge in [-0.15, -0.1) is 0 Å². The van der Waals surface area contributed by atoms with Crippen molar-refractivity contribution in [1.29, 1.82) is 0 Å². The Balaban J connectivity index is 1.85. The number of nitrogens with zero attached hydrogens (tertiary/aromatic N) is 5. The number of fused-ring (bicyclic) bond motifs is 1. The summed E-state index contributed by atoms with van der Waals surface area (Å²) < 4.78 is 27.4. The van der Waals surface area contributed by atoms with Gasteiger partial charge >= 0.3 is 0 Å². The zero-order valence-electron chi connectivity index (χ0n) is 14.6. The minimum Gasteiger partial charge on any atom is -0.395 e. The third-order valence-corrected chi connectivity index (χ3v) is 6.06. The highest BCUT2D eigenvalue weighted by Gasteiger charge is 2.18. The van der Waals surface area contributed by atoms with Crippen LogP contribution in [-0.2, 0) is 22.3 Å². The normalized spacial score (nSPS) is 12.1. The van der Waals surface area contributed by atoms with E-state index in [1.807, 2.05) is 6.07 Å². The van der Waals surface area contributed by atoms with Crippen molar-refractivity contribution in [1.82, 2.24) is 24.1 Å². The number of aliphatic hydroxyl groups is 1. The van der Waals surface area contributed by atoms with Gasteiger partial charge in [-0.2, -0.15) is 10.1 Å². The molecule has 27 heavy (non-hydrogen) atoms. The molecule has 0 unspecified atom stereocenters. The summed E-state index contributed by atoms with van der Waals surface area (Å²) in [6.07, 6.45) is 1.57. The van der Waals surface area contributed by atoms with E-state index in [0.717, 1.165) is 9.87 Å². The highest BCUT2D eigenvalue weighted by molar-refractivity contribution is 7.88. The molecule has 0 spiro atoms. The van der Waals surface area contributed by atoms with Gasteiger partial charge in [-0.1, -0.05) is 24.3 Å². The molecule has 0 aliphatic carbocycles. The van der Waals surface area contributed by atoms with Crippen LogP contribution in [0.2, 0.25) is 5.28 Å². The van der Waals surface area contributed by atoms with E-state index in [9.17, 15) is 8.42 Å². The Morgan fingerprint density at radius 1 is 1.30 bits per heavy atom. The Labute approximate surface area is 161 Å². The number of aromatic nitrogens is 4. The number of aliphatic hydroxyl groups excluding tert-OH is 1. The Morgan fingerprint density at radius 3 is 2.78 bits per heavy atom. The minimum atomic E-state index is -3.50. The number of anilines is 1. The van der Waals surface area contributed by atoms with Crippen LogP contribution in [0.4, 0.5) is 5.82 Å². The molecule has 0 amide bonds. The molecule has 0 fully saturated rings. The van der Waals surface area contributed by atoms with E-state index in [1.165, 1.54) is 7.05 Å². The zero-order chi connectivity index (χ0) is 19.6. The predicted octanol–water partition coefficient (Wildman–Crippen LogP) is 0.864. The van der Waals surface area contributed by atoms with Crippen LogP contribution in [0.3, 0.4) is 0 Å². The zero-order valence-corrected chi connectivity index (χ0v) is 16.2. The van der Waals surface area contributed by atoms with Gasteiger partial charge in [-0.3, -0.25) is 0 Å². The summed E-state index contributed by atoms with van der Waals surface area (Å²) in [5, 5.41) is 13.8. The molecule has 0 atom stereocenters. The molecule has 2 aromatic heterocycles. The lowest BCUT2D eigenvalue weighted by molar-refractivity contribution is 0.266. The van der Waals surface area contributed by atoms with Gasteiger partial charge < -0.3 is 10.8 Å². The number of nitrogen functional groups attached to an aromatic ring is 1. The van der Waals surface area contributed by atoms with E-state index in [1.54, 1.807) is 29.1 Å². The molecule has 0 bridgehead atoms. The molecule has 0 radical (unpaired) electrons. The van der Waals surface area contributed by atoms with Crippen molar-refractivity contribution < 1.29 is 13.5 Å². The molecule has 11 heteroatoms. The van der Waals surface area contributed by atoms with Crippen molar-refractivity contribution in [3.05, 3.63) is 46.9 Å². The maximum Gasteiger partial charge on any atom is 0.226 e. The summed E-state index contributed by atoms with van der Waals surface area (Å²) in [5.41, 5.74) is 7.83. The fourth-order valence-electron chi connectivity index (χ4n) is 2.66. The number of benzene rings is 1. The molecular formula is C16H19ClN6O3S. The first kappa shape index (κ1) is 19.5. The van der Waals surface area contributed by atoms with Gasteiger partial charge in [0.05, 0.1) is 30.5 Å². The third-order valence-electron chi connectivity index (χ3n) is 4.06. The van der Waals surface area contributed by atoms with Gasteiger partial charge in [-0.05, 0) is 22.7 Å². The number of hydrogen-bond acceptors (Lipinski definition) is 7. The van der Waals surface area contributed by atoms with Crippen molar-refractivity contribution in [2.45, 2.75) is 12.3 Å². The first-order valence-electron chi connectivity index (χ1n) is 8.07. The van der Waals surface area contributed by atoms with Crippen molar-refractivity contribution in [2.24, 2.45) is 0 Å². The number of likely N-dealkylation sites (N-methyl/N-ethyl adjacent to an activating group) is 1. The van der Waals surface area contributed by atoms with Crippen molar-refractivity contribution in [3.8, 4) is 0 Å². The second kappa shape index (κ2) is 7.77. The van der Waals surface area contributed by atoms with Gasteiger partial charge in [0.15, 0.2) is 5.65 Å². The maximum absolute atomic E-state index is 12.3. The summed E-state index contributed by atoms with van der Waals surface area (Å²) in [6, 6.07) is 7.19. The molecular weight excluding hydrogens is 392 g/mol. The van der Waals surface area contributed by atoms with Crippen LogP contribution in [0, 0.1) is 0 Å². The van der Waals surface area contributed by atoms with Crippen LogP contribution in [0.25, 0.3) is 11.0 Å². The fourth-order valence-corrected chi connectivity index (χ4v) is 4.01. The number of halogens is 1. The Morgan fingerprint density at radius 2 is 2.04 bits per heavy atom. The van der Waals surface area contributed by atoms with E-state index in [4.69, 9.17) is 22.4 Å². The number of nitrogens with two attached hydrogens (primary N) is 1. The highest BCUT2D eigenvalue weighted by atomic mass is 35.5. The molecule has 3 aromatic rings. The van der Waals surface area contributed by atoms with E-state index >= 15 is 0 Å². The van der Waals surface area contributed by atoms with Gasteiger partial charge in [0.1, 0.15) is 5.82 Å². The number of hydrogen-bond donors (Lipinski definition) is 2. The highest BCUT2D eigenvalue weighted by Crippen LogP contribution is 2.20. The van der Waals surface area contributed by atoms with E-state index < -0.39 is 10.0 Å². The molecule has 1 aromatic carbocycles. The monoisotopic (exact) mass is 410 g/mol. The van der Waals surface area contributed by atoms with Crippen LogP contribution < -0.4 is 5.73 Å². The largest absolute Gasteiger partial charge is 0.395 e. The van der Waals surface area contributed by atoms with Crippen LogP contribution in [0.5, 0.6) is 0 Å². The molecule has 9 nitrogen and oxygen atoms in total. The topological polar surface area (TPSA) is 127 Å². The average molecular weight is 411 g/mol. The second-order valence-corrected chi connectivity index (χ2v) is 8.45.